The molecule has 0 aliphatic carbocycles. The lowest BCUT2D eigenvalue weighted by atomic mass is 10.1. The van der Waals surface area contributed by atoms with Gasteiger partial charge < -0.3 is 9.47 Å². The SMILES string of the molecule is C=CCOC(=O)Oc1ccc2cc(/C=C/c3sc4ccccc4[n+]3CC)ccc2c1. The molecule has 150 valence electrons. The van der Waals surface area contributed by atoms with E-state index in [0.717, 1.165) is 22.9 Å². The molecule has 1 heterocycles. The first-order chi connectivity index (χ1) is 14.7. The minimum absolute atomic E-state index is 0.125. The van der Waals surface area contributed by atoms with Crippen LogP contribution >= 0.6 is 11.3 Å². The summed E-state index contributed by atoms with van der Waals surface area (Å²) in [6.45, 7) is 6.73. The highest BCUT2D eigenvalue weighted by Gasteiger charge is 2.15. The lowest BCUT2D eigenvalue weighted by Crippen LogP contribution is -2.33. The molecule has 0 N–H and O–H groups in total. The molecule has 0 amide bonds. The minimum Gasteiger partial charge on any atom is -0.430 e. The topological polar surface area (TPSA) is 39.4 Å². The Morgan fingerprint density at radius 3 is 2.70 bits per heavy atom. The number of aryl methyl sites for hydroxylation is 1. The van der Waals surface area contributed by atoms with E-state index in [0.29, 0.717) is 5.75 Å². The largest absolute Gasteiger partial charge is 0.514 e. The van der Waals surface area contributed by atoms with Crippen molar-refractivity contribution in [3.63, 3.8) is 0 Å². The highest BCUT2D eigenvalue weighted by molar-refractivity contribution is 7.18. The predicted molar refractivity (Wildman–Crippen MR) is 123 cm³/mol. The maximum atomic E-state index is 11.6. The molecule has 4 nitrogen and oxygen atoms in total. The van der Waals surface area contributed by atoms with Crippen molar-refractivity contribution in [2.75, 3.05) is 6.61 Å². The molecule has 0 saturated carbocycles. The number of carbonyl (C=O) groups excluding carboxylic acids is 1. The molecule has 0 spiro atoms. The standard InChI is InChI=1S/C25H22NO3S/c1-3-15-28-25(27)29-21-13-12-19-16-18(9-11-20(19)17-21)10-14-24-26(4-2)22-7-5-6-8-23(22)30-24/h3,5-14,16-17H,1,4,15H2,2H3/q+1/b14-10+. The number of aromatic nitrogens is 1. The number of rotatable bonds is 6. The Balaban J connectivity index is 1.56. The first-order valence-electron chi connectivity index (χ1n) is 9.76. The normalized spacial score (nSPS) is 11.2. The zero-order chi connectivity index (χ0) is 20.9. The van der Waals surface area contributed by atoms with E-state index in [-0.39, 0.29) is 6.61 Å². The predicted octanol–water partition coefficient (Wildman–Crippen LogP) is 6.23. The maximum Gasteiger partial charge on any atom is 0.514 e. The second kappa shape index (κ2) is 8.93. The Morgan fingerprint density at radius 2 is 1.87 bits per heavy atom. The number of benzene rings is 3. The summed E-state index contributed by atoms with van der Waals surface area (Å²) < 4.78 is 13.7. The van der Waals surface area contributed by atoms with Crippen LogP contribution in [0.1, 0.15) is 17.5 Å². The van der Waals surface area contributed by atoms with Crippen LogP contribution in [0.5, 0.6) is 5.75 Å². The van der Waals surface area contributed by atoms with Gasteiger partial charge in [-0.3, -0.25) is 0 Å². The Bertz CT molecular complexity index is 1260. The highest BCUT2D eigenvalue weighted by atomic mass is 32.1. The smallest absolute Gasteiger partial charge is 0.430 e. The van der Waals surface area contributed by atoms with Crippen molar-refractivity contribution < 1.29 is 18.8 Å². The summed E-state index contributed by atoms with van der Waals surface area (Å²) in [6.07, 6.45) is 5.06. The van der Waals surface area contributed by atoms with E-state index in [9.17, 15) is 4.79 Å². The average molecular weight is 417 g/mol. The van der Waals surface area contributed by atoms with Gasteiger partial charge in [-0.2, -0.15) is 4.57 Å². The van der Waals surface area contributed by atoms with Gasteiger partial charge in [-0.25, -0.2) is 4.79 Å². The molecular weight excluding hydrogens is 394 g/mol. The molecule has 0 saturated heterocycles. The Labute approximate surface area is 179 Å². The third kappa shape index (κ3) is 4.26. The summed E-state index contributed by atoms with van der Waals surface area (Å²) in [5, 5.41) is 3.29. The van der Waals surface area contributed by atoms with Gasteiger partial charge in [0.2, 0.25) is 5.52 Å². The molecule has 1 aromatic heterocycles. The first kappa shape index (κ1) is 19.9. The van der Waals surface area contributed by atoms with Crippen LogP contribution in [-0.4, -0.2) is 12.8 Å². The van der Waals surface area contributed by atoms with Crippen molar-refractivity contribution in [1.82, 2.24) is 0 Å². The van der Waals surface area contributed by atoms with Gasteiger partial charge in [0.25, 0.3) is 5.01 Å². The maximum absolute atomic E-state index is 11.6. The van der Waals surface area contributed by atoms with Gasteiger partial charge >= 0.3 is 6.16 Å². The van der Waals surface area contributed by atoms with Crippen LogP contribution in [0.25, 0.3) is 33.1 Å². The summed E-state index contributed by atoms with van der Waals surface area (Å²) in [4.78, 5) is 11.6. The van der Waals surface area contributed by atoms with Crippen molar-refractivity contribution in [3.8, 4) is 5.75 Å². The number of fused-ring (bicyclic) bond motifs is 2. The fourth-order valence-electron chi connectivity index (χ4n) is 3.33. The minimum atomic E-state index is -0.735. The molecule has 3 aromatic carbocycles. The molecule has 0 unspecified atom stereocenters. The lowest BCUT2D eigenvalue weighted by Gasteiger charge is -2.06. The van der Waals surface area contributed by atoms with Crippen LogP contribution in [0, 0.1) is 0 Å². The van der Waals surface area contributed by atoms with E-state index in [1.54, 1.807) is 17.4 Å². The first-order valence-corrected chi connectivity index (χ1v) is 10.6. The second-order valence-electron chi connectivity index (χ2n) is 6.71. The summed E-state index contributed by atoms with van der Waals surface area (Å²) in [6, 6.07) is 20.2. The van der Waals surface area contributed by atoms with E-state index in [1.165, 1.54) is 21.3 Å². The van der Waals surface area contributed by atoms with E-state index < -0.39 is 6.16 Å². The van der Waals surface area contributed by atoms with E-state index >= 15 is 0 Å². The van der Waals surface area contributed by atoms with E-state index in [1.807, 2.05) is 18.2 Å². The Hall–Kier alpha value is -3.44. The molecular formula is C25H22NO3S+. The molecule has 5 heteroatoms. The fourth-order valence-corrected chi connectivity index (χ4v) is 4.46. The van der Waals surface area contributed by atoms with Crippen molar-refractivity contribution in [2.45, 2.75) is 13.5 Å². The van der Waals surface area contributed by atoms with Gasteiger partial charge in [0.05, 0.1) is 0 Å². The van der Waals surface area contributed by atoms with Crippen molar-refractivity contribution in [3.05, 3.63) is 83.9 Å². The van der Waals surface area contributed by atoms with Crippen LogP contribution in [-0.2, 0) is 11.3 Å². The quantitative estimate of drug-likeness (QED) is 0.162. The summed E-state index contributed by atoms with van der Waals surface area (Å²) in [5.74, 6) is 0.453. The fraction of sp³-hybridized carbons (Fsp3) is 0.120. The van der Waals surface area contributed by atoms with Gasteiger partial charge in [-0.15, -0.1) is 0 Å². The van der Waals surface area contributed by atoms with Crippen LogP contribution in [0.2, 0.25) is 0 Å². The van der Waals surface area contributed by atoms with Gasteiger partial charge in [0, 0.05) is 12.1 Å². The highest BCUT2D eigenvalue weighted by Crippen LogP contribution is 2.25. The molecule has 30 heavy (non-hydrogen) atoms. The number of carbonyl (C=O) groups is 1. The van der Waals surface area contributed by atoms with Gasteiger partial charge in [-0.1, -0.05) is 54.3 Å². The number of ether oxygens (including phenoxy) is 2. The van der Waals surface area contributed by atoms with Crippen molar-refractivity contribution in [2.24, 2.45) is 0 Å². The molecule has 0 bridgehead atoms. The number of hydrogen-bond acceptors (Lipinski definition) is 4. The zero-order valence-electron chi connectivity index (χ0n) is 16.7. The zero-order valence-corrected chi connectivity index (χ0v) is 17.5. The third-order valence-electron chi connectivity index (χ3n) is 4.73. The number of para-hydroxylation sites is 1. The van der Waals surface area contributed by atoms with Crippen LogP contribution in [0.15, 0.2) is 73.3 Å². The van der Waals surface area contributed by atoms with Crippen LogP contribution in [0.4, 0.5) is 4.79 Å². The third-order valence-corrected chi connectivity index (χ3v) is 5.86. The number of nitrogens with zero attached hydrogens (tertiary/aromatic N) is 1. The van der Waals surface area contributed by atoms with Crippen molar-refractivity contribution in [1.29, 1.82) is 0 Å². The molecule has 4 rings (SSSR count). The second-order valence-corrected chi connectivity index (χ2v) is 7.77. The Kier molecular flexibility index (Phi) is 5.91. The summed E-state index contributed by atoms with van der Waals surface area (Å²) in [7, 11) is 0. The molecule has 0 fully saturated rings. The Morgan fingerprint density at radius 1 is 1.07 bits per heavy atom. The molecule has 0 aliphatic heterocycles. The van der Waals surface area contributed by atoms with E-state index in [2.05, 4.69) is 66.6 Å². The monoisotopic (exact) mass is 416 g/mol. The van der Waals surface area contributed by atoms with Gasteiger partial charge in [-0.05, 0) is 53.6 Å². The van der Waals surface area contributed by atoms with Gasteiger partial charge in [0.1, 0.15) is 23.6 Å². The van der Waals surface area contributed by atoms with E-state index in [4.69, 9.17) is 9.47 Å². The summed E-state index contributed by atoms with van der Waals surface area (Å²) >= 11 is 1.79. The molecule has 0 atom stereocenters. The number of hydrogen-bond donors (Lipinski definition) is 0. The lowest BCUT2D eigenvalue weighted by molar-refractivity contribution is -0.665. The summed E-state index contributed by atoms with van der Waals surface area (Å²) in [5.41, 5.74) is 2.38. The molecule has 0 radical (unpaired) electrons. The molecule has 0 aliphatic rings. The van der Waals surface area contributed by atoms with Gasteiger partial charge in [0.15, 0.2) is 0 Å². The molecule has 4 aromatic rings. The van der Waals surface area contributed by atoms with Crippen LogP contribution in [0.3, 0.4) is 0 Å². The van der Waals surface area contributed by atoms with Crippen molar-refractivity contribution >= 4 is 50.6 Å². The average Bonchev–Trinajstić information content (AvgIpc) is 3.13. The number of thiazole rings is 1. The van der Waals surface area contributed by atoms with Crippen LogP contribution < -0.4 is 9.30 Å².